The smallest absolute Gasteiger partial charge is 0.550 e. The van der Waals surface area contributed by atoms with E-state index < -0.39 is 79.7 Å². The molecular weight excluding hydrogens is 1060 g/mol. The van der Waals surface area contributed by atoms with Gasteiger partial charge in [-0.25, -0.2) is 0 Å². The van der Waals surface area contributed by atoms with E-state index in [0.29, 0.717) is 0 Å². The second-order valence-electron chi connectivity index (χ2n) is 19.8. The summed E-state index contributed by atoms with van der Waals surface area (Å²) in [6.07, 6.45) is 7.00. The molecule has 64 heavy (non-hydrogen) atoms. The molecule has 0 unspecified atom stereocenters. The third-order valence-electron chi connectivity index (χ3n) is 5.42. The van der Waals surface area contributed by atoms with Crippen molar-refractivity contribution in [1.29, 1.82) is 0 Å². The topological polar surface area (TPSA) is 307 Å². The van der Waals surface area contributed by atoms with Crippen molar-refractivity contribution in [3.8, 4) is 0 Å². The van der Waals surface area contributed by atoms with Crippen molar-refractivity contribution in [2.24, 2.45) is 37.9 Å². The maximum absolute atomic E-state index is 9.91. The number of hydrogen-bond donors (Lipinski definition) is 0. The van der Waals surface area contributed by atoms with E-state index in [-0.39, 0.29) is 80.2 Å². The predicted octanol–water partition coefficient (Wildman–Crippen LogP) is 0.635. The molecule has 0 bridgehead atoms. The molecule has 0 aliphatic carbocycles. The fourth-order valence-corrected chi connectivity index (χ4v) is 0.625. The second kappa shape index (κ2) is 40.5. The third-order valence-corrected chi connectivity index (χ3v) is 5.42. The first-order valence-corrected chi connectivity index (χ1v) is 18.8. The second-order valence-corrected chi connectivity index (χ2v) is 19.8. The summed E-state index contributed by atoms with van der Waals surface area (Å²) in [4.78, 5) is 76.9. The summed E-state index contributed by atoms with van der Waals surface area (Å²) < 4.78 is 0. The van der Waals surface area contributed by atoms with E-state index in [1.807, 2.05) is 36.4 Å². The largest absolute Gasteiger partial charge is 3.00 e. The number of rotatable bonds is 0. The maximum Gasteiger partial charge on any atom is 3.00 e. The number of carboxylic acids is 7. The fourth-order valence-electron chi connectivity index (χ4n) is 0.625. The van der Waals surface area contributed by atoms with Crippen LogP contribution in [0.1, 0.15) is 145 Å². The normalized spacial score (nSPS) is 10.1. The zero-order valence-electron chi connectivity index (χ0n) is 42.4. The number of nitrogens with zero attached hydrogens (tertiary/aromatic N) is 2. The molecule has 0 spiro atoms. The van der Waals surface area contributed by atoms with Crippen molar-refractivity contribution < 1.29 is 150 Å². The summed E-state index contributed by atoms with van der Waals surface area (Å²) in [6, 6.07) is 11.4. The van der Waals surface area contributed by atoms with Crippen LogP contribution >= 0.6 is 0 Å². The van der Waals surface area contributed by atoms with E-state index in [2.05, 4.69) is 9.97 Å². The minimum atomic E-state index is -1.01. The summed E-state index contributed by atoms with van der Waals surface area (Å²) in [6.45, 7) is 33.6. The van der Waals surface area contributed by atoms with Crippen LogP contribution in [0.2, 0.25) is 0 Å². The van der Waals surface area contributed by atoms with Gasteiger partial charge >= 0.3 is 80.2 Å². The monoisotopic (exact) mass is 1130 g/mol. The van der Waals surface area contributed by atoms with E-state index in [0.717, 1.165) is 0 Å². The number of pyridine rings is 2. The fraction of sp³-hybridized carbons (Fsp3) is 0.622. The van der Waals surface area contributed by atoms with Crippen LogP contribution in [0.4, 0.5) is 0 Å². The number of carbonyl (C=O) groups is 7. The van der Waals surface area contributed by atoms with Crippen LogP contribution in [0.3, 0.4) is 0 Å². The number of aromatic nitrogens is 2. The molecule has 0 atom stereocenters. The Bertz CT molecular complexity index is 1190. The van der Waals surface area contributed by atoms with Crippen LogP contribution in [0.25, 0.3) is 0 Å². The molecule has 0 aromatic carbocycles. The van der Waals surface area contributed by atoms with Crippen molar-refractivity contribution in [1.82, 2.24) is 9.97 Å². The SMILES string of the molecule is CC(C)(C)C(=O)[O-].CC(C)(C)C(=O)[O-].CC(C)(C)C(=O)[O-].CC(C)(C)C(=O)[O-].CC(C)(C)C(=O)[O-].CC(C)(C)C(=O)[O-].CC(C)(C)C(=O)[O-].[Pr+3].[Zn+2].[Zn+2].c1ccncc1.c1ccncc1. The van der Waals surface area contributed by atoms with E-state index >= 15 is 0 Å². The van der Waals surface area contributed by atoms with Crippen LogP contribution in [0.15, 0.2) is 61.2 Å². The molecular formula is C45H73N2O14PrZn2. The molecule has 0 amide bonds. The van der Waals surface area contributed by atoms with Gasteiger partial charge in [-0.05, 0) is 24.3 Å². The molecule has 2 aromatic heterocycles. The molecule has 2 rings (SSSR count). The Kier molecular flexibility index (Phi) is 53.5. The number of carbonyl (C=O) groups excluding carboxylic acids is 7. The Balaban J connectivity index is -0.0000000637. The van der Waals surface area contributed by atoms with Crippen LogP contribution in [0.5, 0.6) is 0 Å². The van der Waals surface area contributed by atoms with Gasteiger partial charge in [-0.2, -0.15) is 0 Å². The van der Waals surface area contributed by atoms with Crippen LogP contribution < -0.4 is 35.7 Å². The Morgan fingerprint density at radius 1 is 0.266 bits per heavy atom. The van der Waals surface area contributed by atoms with Gasteiger partial charge in [-0.1, -0.05) is 158 Å². The summed E-state index contributed by atoms with van der Waals surface area (Å²) >= 11 is 0. The first-order valence-electron chi connectivity index (χ1n) is 18.8. The van der Waals surface area contributed by atoms with Gasteiger partial charge in [0.05, 0.1) is 0 Å². The Morgan fingerprint density at radius 2 is 0.344 bits per heavy atom. The van der Waals surface area contributed by atoms with Crippen molar-refractivity contribution in [2.75, 3.05) is 0 Å². The Hall–Kier alpha value is -2.80. The molecule has 0 aliphatic rings. The van der Waals surface area contributed by atoms with E-state index in [1.165, 1.54) is 0 Å². The Morgan fingerprint density at radius 3 is 0.359 bits per heavy atom. The molecule has 16 nitrogen and oxygen atoms in total. The van der Waals surface area contributed by atoms with Crippen molar-refractivity contribution in [3.05, 3.63) is 61.2 Å². The van der Waals surface area contributed by atoms with Gasteiger partial charge in [0, 0.05) is 104 Å². The van der Waals surface area contributed by atoms with Crippen molar-refractivity contribution in [3.63, 3.8) is 0 Å². The first kappa shape index (κ1) is 84.6. The maximum atomic E-state index is 9.91. The van der Waals surface area contributed by atoms with Gasteiger partial charge in [-0.15, -0.1) is 0 Å². The molecule has 2 heterocycles. The molecule has 0 saturated heterocycles. The predicted molar refractivity (Wildman–Crippen MR) is 220 cm³/mol. The molecule has 0 radical (unpaired) electrons. The molecule has 2 aromatic rings. The van der Waals surface area contributed by atoms with Crippen LogP contribution in [-0.4, -0.2) is 51.8 Å². The quantitative estimate of drug-likeness (QED) is 0.327. The van der Waals surface area contributed by atoms with Crippen molar-refractivity contribution in [2.45, 2.75) is 145 Å². The zero-order valence-corrected chi connectivity index (χ0v) is 52.0. The minimum absolute atomic E-state index is 0. The molecule has 0 saturated carbocycles. The van der Waals surface area contributed by atoms with Gasteiger partial charge in [0.25, 0.3) is 0 Å². The third kappa shape index (κ3) is 76.5. The van der Waals surface area contributed by atoms with Crippen LogP contribution in [0, 0.1) is 79.2 Å². The van der Waals surface area contributed by atoms with Crippen LogP contribution in [-0.2, 0) is 72.5 Å². The number of aliphatic carboxylic acids is 7. The molecule has 0 aliphatic heterocycles. The Labute approximate surface area is 442 Å². The van der Waals surface area contributed by atoms with Crippen molar-refractivity contribution >= 4 is 41.8 Å². The van der Waals surface area contributed by atoms with Gasteiger partial charge in [0.2, 0.25) is 0 Å². The van der Waals surface area contributed by atoms with E-state index in [1.54, 1.807) is 170 Å². The number of carboxylic acid groups (broad SMARTS) is 7. The zero-order chi connectivity index (χ0) is 51.0. The summed E-state index contributed by atoms with van der Waals surface area (Å²) in [5.74, 6) is -7.05. The summed E-state index contributed by atoms with van der Waals surface area (Å²) in [5, 5.41) is 69.4. The molecule has 0 fully saturated rings. The van der Waals surface area contributed by atoms with E-state index in [4.69, 9.17) is 0 Å². The van der Waals surface area contributed by atoms with Gasteiger partial charge < -0.3 is 69.3 Å². The van der Waals surface area contributed by atoms with Gasteiger partial charge in [0.1, 0.15) is 0 Å². The minimum Gasteiger partial charge on any atom is -0.550 e. The summed E-state index contributed by atoms with van der Waals surface area (Å²) in [7, 11) is 0. The van der Waals surface area contributed by atoms with Gasteiger partial charge in [0.15, 0.2) is 0 Å². The summed E-state index contributed by atoms with van der Waals surface area (Å²) in [5.41, 5.74) is -4.86. The van der Waals surface area contributed by atoms with Gasteiger partial charge in [-0.3, -0.25) is 9.97 Å². The molecule has 19 heteroatoms. The average molecular weight is 1140 g/mol. The molecule has 0 N–H and O–H groups in total. The average Bonchev–Trinajstić information content (AvgIpc) is 3.05. The molecule has 354 valence electrons. The van der Waals surface area contributed by atoms with E-state index in [9.17, 15) is 69.3 Å². The first-order chi connectivity index (χ1) is 26.6. The standard InChI is InChI=1S/2C5H5N.7C5H10O2.Pr.2Zn/c2*1-2-4-6-5-3-1;7*1-5(2,3)4(6)7;;;/h2*1-5H;7*1-3H3,(H,6,7);;;/q;;;;;;;;;+3;2*+2/p-7. The number of hydrogen-bond acceptors (Lipinski definition) is 16.